The fraction of sp³-hybridized carbons (Fsp3) is 0.323. The number of carbonyl (C=O) groups is 3. The lowest BCUT2D eigenvalue weighted by Gasteiger charge is -2.26. The Morgan fingerprint density at radius 1 is 0.850 bits per heavy atom. The number of fused-ring (bicyclic) bond motifs is 1. The van der Waals surface area contributed by atoms with Gasteiger partial charge in [-0.15, -0.1) is 0 Å². The molecule has 1 fully saturated rings. The maximum atomic E-state index is 13.3. The molecule has 1 aliphatic heterocycles. The van der Waals surface area contributed by atoms with E-state index in [-0.39, 0.29) is 23.9 Å². The summed E-state index contributed by atoms with van der Waals surface area (Å²) in [6.07, 6.45) is 2.38. The summed E-state index contributed by atoms with van der Waals surface area (Å²) in [6, 6.07) is 20.4. The number of hydrogen-bond donors (Lipinski definition) is 3. The normalized spacial score (nSPS) is 15.2. The molecule has 3 aromatic rings. The molecule has 5 rings (SSSR count). The molecule has 0 bridgehead atoms. The minimum Gasteiger partial charge on any atom is -0.368 e. The second kappa shape index (κ2) is 12.4. The third kappa shape index (κ3) is 6.39. The number of nitrogens with zero attached hydrogens (tertiary/aromatic N) is 2. The summed E-state index contributed by atoms with van der Waals surface area (Å²) in [5.41, 5.74) is 4.77. The van der Waals surface area contributed by atoms with Gasteiger partial charge in [0.15, 0.2) is 0 Å². The van der Waals surface area contributed by atoms with E-state index in [0.717, 1.165) is 24.9 Å². The van der Waals surface area contributed by atoms with E-state index >= 15 is 0 Å². The highest BCUT2D eigenvalue weighted by molar-refractivity contribution is 6.31. The smallest absolute Gasteiger partial charge is 0.317 e. The fourth-order valence-corrected chi connectivity index (χ4v) is 5.62. The minimum atomic E-state index is -0.314. The molecule has 2 aliphatic rings. The molecule has 208 valence electrons. The van der Waals surface area contributed by atoms with Crippen molar-refractivity contribution in [2.45, 2.75) is 32.2 Å². The molecule has 3 aromatic carbocycles. The van der Waals surface area contributed by atoms with Crippen LogP contribution in [0.5, 0.6) is 0 Å². The first kappa shape index (κ1) is 27.5. The van der Waals surface area contributed by atoms with Crippen molar-refractivity contribution >= 4 is 40.8 Å². The molecule has 9 heteroatoms. The van der Waals surface area contributed by atoms with Crippen LogP contribution in [0.25, 0.3) is 0 Å². The lowest BCUT2D eigenvalue weighted by Crippen LogP contribution is -2.42. The average Bonchev–Trinajstić information content (AvgIpc) is 3.19. The third-order valence-electron chi connectivity index (χ3n) is 7.43. The summed E-state index contributed by atoms with van der Waals surface area (Å²) in [7, 11) is 0. The van der Waals surface area contributed by atoms with E-state index in [1.165, 1.54) is 11.1 Å². The average molecular weight is 560 g/mol. The van der Waals surface area contributed by atoms with Crippen LogP contribution < -0.4 is 20.9 Å². The van der Waals surface area contributed by atoms with Crippen molar-refractivity contribution in [2.24, 2.45) is 0 Å². The molecule has 3 N–H and O–H groups in total. The maximum Gasteiger partial charge on any atom is 0.317 e. The summed E-state index contributed by atoms with van der Waals surface area (Å²) in [6.45, 7) is 5.00. The van der Waals surface area contributed by atoms with Gasteiger partial charge in [0.1, 0.15) is 0 Å². The largest absolute Gasteiger partial charge is 0.368 e. The summed E-state index contributed by atoms with van der Waals surface area (Å²) < 4.78 is 0. The molecule has 4 amide bonds. The van der Waals surface area contributed by atoms with Gasteiger partial charge in [0, 0.05) is 54.9 Å². The molecule has 0 unspecified atom stereocenters. The lowest BCUT2D eigenvalue weighted by molar-refractivity contribution is 0.0937. The van der Waals surface area contributed by atoms with E-state index in [1.54, 1.807) is 36.4 Å². The van der Waals surface area contributed by atoms with Crippen LogP contribution in [0, 0.1) is 0 Å². The predicted octanol–water partition coefficient (Wildman–Crippen LogP) is 4.73. The summed E-state index contributed by atoms with van der Waals surface area (Å²) in [5, 5.41) is 9.52. The first-order chi connectivity index (χ1) is 19.4. The second-order valence-corrected chi connectivity index (χ2v) is 10.6. The zero-order chi connectivity index (χ0) is 28.1. The molecule has 0 radical (unpaired) electrons. The zero-order valence-electron chi connectivity index (χ0n) is 22.6. The number of halogens is 1. The lowest BCUT2D eigenvalue weighted by atomic mass is 10.1. The fourth-order valence-electron chi connectivity index (χ4n) is 5.43. The van der Waals surface area contributed by atoms with Crippen LogP contribution in [0.15, 0.2) is 66.7 Å². The Morgan fingerprint density at radius 3 is 2.33 bits per heavy atom. The number of hydrogen-bond acceptors (Lipinski definition) is 4. The number of amides is 4. The number of nitrogens with one attached hydrogen (secondary N) is 3. The van der Waals surface area contributed by atoms with Crippen LogP contribution >= 0.6 is 11.6 Å². The van der Waals surface area contributed by atoms with Gasteiger partial charge in [-0.3, -0.25) is 9.59 Å². The van der Waals surface area contributed by atoms with Gasteiger partial charge >= 0.3 is 6.03 Å². The van der Waals surface area contributed by atoms with Crippen LogP contribution in [0.3, 0.4) is 0 Å². The molecule has 0 aromatic heterocycles. The minimum absolute atomic E-state index is 0.0277. The Balaban J connectivity index is 1.37. The van der Waals surface area contributed by atoms with E-state index in [2.05, 4.69) is 33.0 Å². The van der Waals surface area contributed by atoms with Crippen molar-refractivity contribution in [3.05, 3.63) is 94.0 Å². The number of benzene rings is 3. The number of anilines is 2. The summed E-state index contributed by atoms with van der Waals surface area (Å²) in [5.74, 6) is -0.493. The van der Waals surface area contributed by atoms with Crippen molar-refractivity contribution in [3.8, 4) is 0 Å². The van der Waals surface area contributed by atoms with E-state index in [0.29, 0.717) is 54.6 Å². The van der Waals surface area contributed by atoms with Crippen molar-refractivity contribution in [1.29, 1.82) is 0 Å². The Bertz CT molecular complexity index is 1390. The molecular weight excluding hydrogens is 526 g/mol. The highest BCUT2D eigenvalue weighted by Gasteiger charge is 2.25. The molecule has 8 nitrogen and oxygen atoms in total. The molecule has 0 saturated carbocycles. The van der Waals surface area contributed by atoms with Gasteiger partial charge in [0.2, 0.25) is 0 Å². The first-order valence-electron chi connectivity index (χ1n) is 13.8. The standard InChI is InChI=1S/C31H34ClN5O3/c1-2-33-31(40)37-14-6-13-36(15-16-37)28-12-11-24(20-27(28)35-30(39)23-9-5-10-25(32)17-23)29(38)34-26-18-21-7-3-4-8-22(21)19-26/h3-5,7-12,17,20,26H,2,6,13-16,18-19H2,1H3,(H,33,40)(H,34,38)(H,35,39). The van der Waals surface area contributed by atoms with Crippen molar-refractivity contribution in [3.63, 3.8) is 0 Å². The van der Waals surface area contributed by atoms with E-state index in [9.17, 15) is 14.4 Å². The SMILES string of the molecule is CCNC(=O)N1CCCN(c2ccc(C(=O)NC3Cc4ccccc4C3)cc2NC(=O)c2cccc(Cl)c2)CC1. The van der Waals surface area contributed by atoms with Gasteiger partial charge in [-0.05, 0) is 73.7 Å². The molecular formula is C31H34ClN5O3. The van der Waals surface area contributed by atoms with E-state index in [4.69, 9.17) is 11.6 Å². The number of rotatable bonds is 6. The van der Waals surface area contributed by atoms with Crippen molar-refractivity contribution in [1.82, 2.24) is 15.5 Å². The van der Waals surface area contributed by atoms with Crippen LogP contribution in [-0.4, -0.2) is 61.5 Å². The molecule has 1 aliphatic carbocycles. The van der Waals surface area contributed by atoms with Gasteiger partial charge in [-0.1, -0.05) is 41.9 Å². The summed E-state index contributed by atoms with van der Waals surface area (Å²) >= 11 is 6.13. The van der Waals surface area contributed by atoms with Crippen LogP contribution in [-0.2, 0) is 12.8 Å². The van der Waals surface area contributed by atoms with Crippen LogP contribution in [0.2, 0.25) is 5.02 Å². The Hall–Kier alpha value is -4.04. The molecule has 0 atom stereocenters. The van der Waals surface area contributed by atoms with E-state index in [1.807, 2.05) is 30.0 Å². The molecule has 0 spiro atoms. The van der Waals surface area contributed by atoms with Gasteiger partial charge in [-0.2, -0.15) is 0 Å². The molecule has 1 saturated heterocycles. The Labute approximate surface area is 239 Å². The van der Waals surface area contributed by atoms with Gasteiger partial charge < -0.3 is 25.8 Å². The molecule has 40 heavy (non-hydrogen) atoms. The number of urea groups is 1. The zero-order valence-corrected chi connectivity index (χ0v) is 23.3. The highest BCUT2D eigenvalue weighted by atomic mass is 35.5. The van der Waals surface area contributed by atoms with Crippen LogP contribution in [0.4, 0.5) is 16.2 Å². The maximum absolute atomic E-state index is 13.3. The van der Waals surface area contributed by atoms with Gasteiger partial charge in [0.25, 0.3) is 11.8 Å². The van der Waals surface area contributed by atoms with Gasteiger partial charge in [-0.25, -0.2) is 4.79 Å². The van der Waals surface area contributed by atoms with Crippen LogP contribution in [0.1, 0.15) is 45.2 Å². The quantitative estimate of drug-likeness (QED) is 0.407. The topological polar surface area (TPSA) is 93.8 Å². The monoisotopic (exact) mass is 559 g/mol. The van der Waals surface area contributed by atoms with E-state index < -0.39 is 0 Å². The molecule has 1 heterocycles. The number of carbonyl (C=O) groups excluding carboxylic acids is 3. The summed E-state index contributed by atoms with van der Waals surface area (Å²) in [4.78, 5) is 42.9. The second-order valence-electron chi connectivity index (χ2n) is 10.2. The van der Waals surface area contributed by atoms with Crippen molar-refractivity contribution < 1.29 is 14.4 Å². The highest BCUT2D eigenvalue weighted by Crippen LogP contribution is 2.30. The predicted molar refractivity (Wildman–Crippen MR) is 158 cm³/mol. The van der Waals surface area contributed by atoms with Gasteiger partial charge in [0.05, 0.1) is 11.4 Å². The van der Waals surface area contributed by atoms with Crippen molar-refractivity contribution in [2.75, 3.05) is 42.9 Å². The Morgan fingerprint density at radius 2 is 1.60 bits per heavy atom. The third-order valence-corrected chi connectivity index (χ3v) is 7.67. The first-order valence-corrected chi connectivity index (χ1v) is 14.2. The Kier molecular flexibility index (Phi) is 8.55.